The molecule has 3 aromatic carbocycles. The molecule has 2 unspecified atom stereocenters. The highest BCUT2D eigenvalue weighted by molar-refractivity contribution is 6.51. The van der Waals surface area contributed by atoms with Crippen molar-refractivity contribution in [1.29, 1.82) is 0 Å². The van der Waals surface area contributed by atoms with Crippen molar-refractivity contribution in [1.82, 2.24) is 0 Å². The first-order valence-electron chi connectivity index (χ1n) is 11.2. The number of aryl methyl sites for hydroxylation is 2. The number of aliphatic hydroxyl groups is 1. The van der Waals surface area contributed by atoms with Gasteiger partial charge in [-0.05, 0) is 85.5 Å². The van der Waals surface area contributed by atoms with E-state index in [4.69, 9.17) is 4.74 Å². The largest absolute Gasteiger partial charge is 0.508 e. The molecule has 0 saturated carbocycles. The van der Waals surface area contributed by atoms with Gasteiger partial charge in [-0.2, -0.15) is 0 Å². The third kappa shape index (κ3) is 3.52. The number of aliphatic hydroxyl groups excluding tert-OH is 1. The number of phenols is 1. The lowest BCUT2D eigenvalue weighted by Gasteiger charge is -2.26. The van der Waals surface area contributed by atoms with Crippen molar-refractivity contribution >= 4 is 23.1 Å². The Balaban J connectivity index is 1.69. The average Bonchev–Trinajstić information content (AvgIpc) is 3.31. The first-order chi connectivity index (χ1) is 16.2. The number of hydrogen-bond acceptors (Lipinski definition) is 5. The lowest BCUT2D eigenvalue weighted by atomic mass is 9.94. The van der Waals surface area contributed by atoms with Gasteiger partial charge < -0.3 is 14.9 Å². The molecule has 172 valence electrons. The number of ether oxygens (including phenoxy) is 1. The minimum absolute atomic E-state index is 0.0147. The van der Waals surface area contributed by atoms with Gasteiger partial charge in [-0.15, -0.1) is 0 Å². The van der Waals surface area contributed by atoms with Crippen molar-refractivity contribution < 1.29 is 24.5 Å². The first kappa shape index (κ1) is 21.8. The van der Waals surface area contributed by atoms with Crippen molar-refractivity contribution in [2.75, 3.05) is 4.90 Å². The molecule has 1 saturated heterocycles. The lowest BCUT2D eigenvalue weighted by molar-refractivity contribution is -0.132. The quantitative estimate of drug-likeness (QED) is 0.331. The summed E-state index contributed by atoms with van der Waals surface area (Å²) in [6.07, 6.45) is 0.745. The van der Waals surface area contributed by atoms with Gasteiger partial charge in [0.05, 0.1) is 11.6 Å². The summed E-state index contributed by atoms with van der Waals surface area (Å²) in [5, 5.41) is 21.1. The lowest BCUT2D eigenvalue weighted by Crippen LogP contribution is -2.29. The fraction of sp³-hybridized carbons (Fsp3) is 0.214. The molecule has 0 bridgehead atoms. The number of benzene rings is 3. The molecule has 34 heavy (non-hydrogen) atoms. The molecular weight excluding hydrogens is 430 g/mol. The Morgan fingerprint density at radius 1 is 0.971 bits per heavy atom. The van der Waals surface area contributed by atoms with Crippen molar-refractivity contribution in [2.45, 2.75) is 39.3 Å². The number of anilines is 1. The predicted octanol–water partition coefficient (Wildman–Crippen LogP) is 4.96. The normalized spacial score (nSPS) is 21.0. The second-order valence-corrected chi connectivity index (χ2v) is 8.98. The molecule has 1 amide bonds. The van der Waals surface area contributed by atoms with Crippen LogP contribution in [0.2, 0.25) is 0 Å². The van der Waals surface area contributed by atoms with Crippen molar-refractivity contribution in [3.63, 3.8) is 0 Å². The molecule has 2 aliphatic rings. The highest BCUT2D eigenvalue weighted by atomic mass is 16.5. The Morgan fingerprint density at radius 3 is 2.41 bits per heavy atom. The maximum atomic E-state index is 13.3. The second kappa shape index (κ2) is 8.06. The number of nitrogens with zero attached hydrogens (tertiary/aromatic N) is 1. The van der Waals surface area contributed by atoms with Crippen LogP contribution in [0.25, 0.3) is 5.76 Å². The van der Waals surface area contributed by atoms with Crippen molar-refractivity contribution in [3.05, 3.63) is 94.1 Å². The van der Waals surface area contributed by atoms with Gasteiger partial charge in [0.2, 0.25) is 0 Å². The smallest absolute Gasteiger partial charge is 0.300 e. The third-order valence-electron chi connectivity index (χ3n) is 6.59. The molecule has 0 aromatic heterocycles. The fourth-order valence-electron chi connectivity index (χ4n) is 4.67. The summed E-state index contributed by atoms with van der Waals surface area (Å²) in [7, 11) is 0. The summed E-state index contributed by atoms with van der Waals surface area (Å²) >= 11 is 0. The second-order valence-electron chi connectivity index (χ2n) is 8.98. The van der Waals surface area contributed by atoms with Gasteiger partial charge in [0, 0.05) is 17.7 Å². The van der Waals surface area contributed by atoms with Gasteiger partial charge in [0.1, 0.15) is 23.4 Å². The van der Waals surface area contributed by atoms with Crippen LogP contribution in [0.4, 0.5) is 5.69 Å². The topological polar surface area (TPSA) is 87.1 Å². The van der Waals surface area contributed by atoms with Crippen LogP contribution in [0, 0.1) is 13.8 Å². The van der Waals surface area contributed by atoms with E-state index >= 15 is 0 Å². The van der Waals surface area contributed by atoms with E-state index < -0.39 is 17.7 Å². The zero-order valence-electron chi connectivity index (χ0n) is 19.2. The van der Waals surface area contributed by atoms with E-state index in [1.807, 2.05) is 39.0 Å². The molecule has 6 nitrogen and oxygen atoms in total. The van der Waals surface area contributed by atoms with Gasteiger partial charge in [0.15, 0.2) is 0 Å². The zero-order chi connectivity index (χ0) is 24.1. The number of ketones is 1. The van der Waals surface area contributed by atoms with Crippen molar-refractivity contribution in [3.8, 4) is 11.5 Å². The first-order valence-corrected chi connectivity index (χ1v) is 11.2. The molecule has 0 radical (unpaired) electrons. The van der Waals surface area contributed by atoms with Gasteiger partial charge in [-0.3, -0.25) is 14.5 Å². The molecule has 2 N–H and O–H groups in total. The summed E-state index contributed by atoms with van der Waals surface area (Å²) in [6, 6.07) is 16.3. The molecule has 6 heteroatoms. The molecular formula is C28H25NO5. The monoisotopic (exact) mass is 455 g/mol. The summed E-state index contributed by atoms with van der Waals surface area (Å²) in [6.45, 7) is 5.89. The predicted molar refractivity (Wildman–Crippen MR) is 129 cm³/mol. The highest BCUT2D eigenvalue weighted by Crippen LogP contribution is 2.43. The Hall–Kier alpha value is -4.06. The molecule has 0 spiro atoms. The maximum Gasteiger partial charge on any atom is 0.300 e. The van der Waals surface area contributed by atoms with Gasteiger partial charge >= 0.3 is 0 Å². The number of phenolic OH excluding ortho intramolecular Hbond substituents is 1. The minimum atomic E-state index is -0.842. The Kier molecular flexibility index (Phi) is 5.16. The van der Waals surface area contributed by atoms with Crippen LogP contribution in [0.15, 0.2) is 66.2 Å². The Bertz CT molecular complexity index is 1360. The van der Waals surface area contributed by atoms with E-state index in [2.05, 4.69) is 0 Å². The SMILES string of the molecule is Cc1ccc(N2C(=O)C(=O)/C(=C(\O)c3ccc4c(c3)CC(C)O4)C2c2ccc(O)cc2)cc1C. The van der Waals surface area contributed by atoms with Gasteiger partial charge in [-0.25, -0.2) is 0 Å². The van der Waals surface area contributed by atoms with Crippen LogP contribution in [0.5, 0.6) is 11.5 Å². The summed E-state index contributed by atoms with van der Waals surface area (Å²) < 4.78 is 5.75. The number of hydrogen-bond donors (Lipinski definition) is 2. The van der Waals surface area contributed by atoms with Gasteiger partial charge in [-0.1, -0.05) is 18.2 Å². The Morgan fingerprint density at radius 2 is 1.71 bits per heavy atom. The molecule has 2 aliphatic heterocycles. The molecule has 2 heterocycles. The van der Waals surface area contributed by atoms with E-state index in [1.54, 1.807) is 30.3 Å². The molecule has 1 fully saturated rings. The van der Waals surface area contributed by atoms with Crippen LogP contribution in [0.3, 0.4) is 0 Å². The molecule has 5 rings (SSSR count). The number of fused-ring (bicyclic) bond motifs is 1. The maximum absolute atomic E-state index is 13.3. The minimum Gasteiger partial charge on any atom is -0.508 e. The zero-order valence-corrected chi connectivity index (χ0v) is 19.2. The summed E-state index contributed by atoms with van der Waals surface area (Å²) in [5.41, 5.74) is 4.64. The summed E-state index contributed by atoms with van der Waals surface area (Å²) in [5.74, 6) is -0.862. The van der Waals surface area contributed by atoms with Crippen LogP contribution in [0.1, 0.15) is 40.8 Å². The average molecular weight is 456 g/mol. The van der Waals surface area contributed by atoms with Gasteiger partial charge in [0.25, 0.3) is 11.7 Å². The van der Waals surface area contributed by atoms with E-state index in [0.29, 0.717) is 23.2 Å². The van der Waals surface area contributed by atoms with Crippen LogP contribution < -0.4 is 9.64 Å². The van der Waals surface area contributed by atoms with E-state index in [0.717, 1.165) is 22.4 Å². The number of Topliss-reactive ketones (excluding diaryl/α,β-unsaturated/α-hetero) is 1. The Labute approximate surface area is 197 Å². The van der Waals surface area contributed by atoms with Crippen LogP contribution in [-0.2, 0) is 16.0 Å². The number of carbonyl (C=O) groups is 2. The van der Waals surface area contributed by atoms with Crippen LogP contribution in [-0.4, -0.2) is 28.0 Å². The number of rotatable bonds is 3. The van der Waals surface area contributed by atoms with E-state index in [1.165, 1.54) is 17.0 Å². The molecule has 3 aromatic rings. The number of aromatic hydroxyl groups is 1. The number of carbonyl (C=O) groups excluding carboxylic acids is 2. The number of amides is 1. The highest BCUT2D eigenvalue weighted by Gasteiger charge is 2.47. The molecule has 2 atom stereocenters. The van der Waals surface area contributed by atoms with E-state index in [9.17, 15) is 19.8 Å². The van der Waals surface area contributed by atoms with Crippen molar-refractivity contribution in [2.24, 2.45) is 0 Å². The fourth-order valence-corrected chi connectivity index (χ4v) is 4.67. The summed E-state index contributed by atoms with van der Waals surface area (Å²) in [4.78, 5) is 28.0. The molecule has 0 aliphatic carbocycles. The van der Waals surface area contributed by atoms with E-state index in [-0.39, 0.29) is 23.2 Å². The standard InChI is InChI=1S/C28H25NO5/c1-15-4-8-21(12-16(15)2)29-25(18-5-9-22(30)10-6-18)24(27(32)28(29)33)26(31)19-7-11-23-20(14-19)13-17(3)34-23/h4-12,14,17,25,30-31H,13H2,1-3H3/b26-24-. The van der Waals surface area contributed by atoms with Crippen LogP contribution >= 0.6 is 0 Å². The third-order valence-corrected chi connectivity index (χ3v) is 6.59.